The monoisotopic (exact) mass is 316 g/mol. The van der Waals surface area contributed by atoms with E-state index in [0.29, 0.717) is 29.6 Å². The third-order valence-electron chi connectivity index (χ3n) is 3.01. The second-order valence-electron chi connectivity index (χ2n) is 5.61. The maximum Gasteiger partial charge on any atom is 0.243 e. The molecule has 0 bridgehead atoms. The summed E-state index contributed by atoms with van der Waals surface area (Å²) in [5, 5.41) is 5.53. The zero-order chi connectivity index (χ0) is 16.7. The first-order valence-corrected chi connectivity index (χ1v) is 7.55. The summed E-state index contributed by atoms with van der Waals surface area (Å²) >= 11 is 0. The van der Waals surface area contributed by atoms with Gasteiger partial charge in [0.15, 0.2) is 0 Å². The van der Waals surface area contributed by atoms with Crippen molar-refractivity contribution in [3.63, 3.8) is 0 Å². The molecule has 0 fully saturated rings. The molecule has 2 rings (SSSR count). The summed E-state index contributed by atoms with van der Waals surface area (Å²) in [4.78, 5) is 11.9. The highest BCUT2D eigenvalue weighted by Crippen LogP contribution is 2.18. The van der Waals surface area contributed by atoms with Crippen LogP contribution in [0.5, 0.6) is 5.75 Å². The molecule has 23 heavy (non-hydrogen) atoms. The summed E-state index contributed by atoms with van der Waals surface area (Å²) in [5.74, 6) is 0.496. The fourth-order valence-electron chi connectivity index (χ4n) is 1.91. The Morgan fingerprint density at radius 3 is 2.70 bits per heavy atom. The van der Waals surface area contributed by atoms with Crippen molar-refractivity contribution < 1.29 is 13.9 Å². The summed E-state index contributed by atoms with van der Waals surface area (Å²) in [7, 11) is 0. The molecule has 5 heteroatoms. The van der Waals surface area contributed by atoms with E-state index in [1.165, 1.54) is 6.07 Å². The second-order valence-corrected chi connectivity index (χ2v) is 5.61. The van der Waals surface area contributed by atoms with E-state index in [1.807, 2.05) is 12.1 Å². The number of hydrogen-bond acceptors (Lipinski definition) is 3. The summed E-state index contributed by atoms with van der Waals surface area (Å²) in [6, 6.07) is 13.4. The molecule has 0 aliphatic heterocycles. The van der Waals surface area contributed by atoms with Gasteiger partial charge in [-0.1, -0.05) is 32.0 Å². The Bertz CT molecular complexity index is 659. The first-order valence-electron chi connectivity index (χ1n) is 7.55. The van der Waals surface area contributed by atoms with Gasteiger partial charge in [-0.2, -0.15) is 0 Å². The number of hydrogen-bond donors (Lipinski definition) is 2. The molecule has 0 aliphatic rings. The first kappa shape index (κ1) is 16.8. The minimum atomic E-state index is -0.385. The Labute approximate surface area is 135 Å². The lowest BCUT2D eigenvalue weighted by molar-refractivity contribution is -0.114. The molecule has 0 aromatic heterocycles. The van der Waals surface area contributed by atoms with Crippen molar-refractivity contribution in [1.82, 2.24) is 0 Å². The van der Waals surface area contributed by atoms with Crippen LogP contribution in [0, 0.1) is 11.7 Å². The number of halogens is 1. The fourth-order valence-corrected chi connectivity index (χ4v) is 1.91. The summed E-state index contributed by atoms with van der Waals surface area (Å²) in [6.07, 6.45) is 0. The minimum Gasteiger partial charge on any atom is -0.493 e. The van der Waals surface area contributed by atoms with Crippen LogP contribution in [0.2, 0.25) is 0 Å². The highest BCUT2D eigenvalue weighted by molar-refractivity contribution is 5.93. The average Bonchev–Trinajstić information content (AvgIpc) is 2.52. The predicted octanol–water partition coefficient (Wildman–Crippen LogP) is 3.91. The van der Waals surface area contributed by atoms with Crippen molar-refractivity contribution >= 4 is 17.3 Å². The molecule has 1 amide bonds. The highest BCUT2D eigenvalue weighted by atomic mass is 19.1. The Balaban J connectivity index is 1.87. The van der Waals surface area contributed by atoms with Gasteiger partial charge in [-0.05, 0) is 30.2 Å². The van der Waals surface area contributed by atoms with Gasteiger partial charge in [-0.15, -0.1) is 0 Å². The van der Waals surface area contributed by atoms with Gasteiger partial charge in [-0.3, -0.25) is 4.79 Å². The van der Waals surface area contributed by atoms with Crippen molar-refractivity contribution in [3.8, 4) is 5.75 Å². The van der Waals surface area contributed by atoms with Crippen LogP contribution in [-0.2, 0) is 4.79 Å². The summed E-state index contributed by atoms with van der Waals surface area (Å²) in [6.45, 7) is 4.74. The van der Waals surface area contributed by atoms with E-state index in [2.05, 4.69) is 24.5 Å². The number of amides is 1. The summed E-state index contributed by atoms with van der Waals surface area (Å²) in [5.41, 5.74) is 0.947. The van der Waals surface area contributed by atoms with E-state index in [4.69, 9.17) is 4.74 Å². The number of para-hydroxylation sites is 1. The topological polar surface area (TPSA) is 50.4 Å². The average molecular weight is 316 g/mol. The number of carbonyl (C=O) groups excluding carboxylic acids is 1. The Hall–Kier alpha value is -2.56. The lowest BCUT2D eigenvalue weighted by Gasteiger charge is -2.11. The Kier molecular flexibility index (Phi) is 5.97. The summed E-state index contributed by atoms with van der Waals surface area (Å²) < 4.78 is 19.1. The molecular formula is C18H21FN2O2. The van der Waals surface area contributed by atoms with Gasteiger partial charge in [0.25, 0.3) is 0 Å². The SMILES string of the molecule is CC(C)COc1cccc(NC(=O)CNc2ccccc2F)c1. The van der Waals surface area contributed by atoms with Crippen LogP contribution in [0.15, 0.2) is 48.5 Å². The van der Waals surface area contributed by atoms with Gasteiger partial charge in [0.05, 0.1) is 18.8 Å². The van der Waals surface area contributed by atoms with E-state index < -0.39 is 0 Å². The maximum atomic E-state index is 13.5. The minimum absolute atomic E-state index is 0.0159. The fraction of sp³-hybridized carbons (Fsp3) is 0.278. The smallest absolute Gasteiger partial charge is 0.243 e. The van der Waals surface area contributed by atoms with Crippen LogP contribution in [0.25, 0.3) is 0 Å². The molecule has 0 spiro atoms. The largest absolute Gasteiger partial charge is 0.493 e. The normalized spacial score (nSPS) is 10.4. The van der Waals surface area contributed by atoms with Crippen LogP contribution in [0.3, 0.4) is 0 Å². The van der Waals surface area contributed by atoms with Crippen LogP contribution in [-0.4, -0.2) is 19.1 Å². The number of carbonyl (C=O) groups is 1. The van der Waals surface area contributed by atoms with Gasteiger partial charge in [0.2, 0.25) is 5.91 Å². The van der Waals surface area contributed by atoms with E-state index in [1.54, 1.807) is 30.3 Å². The number of rotatable bonds is 7. The van der Waals surface area contributed by atoms with Crippen LogP contribution in [0.1, 0.15) is 13.8 Å². The van der Waals surface area contributed by atoms with Crippen molar-refractivity contribution in [2.75, 3.05) is 23.8 Å². The Morgan fingerprint density at radius 1 is 1.17 bits per heavy atom. The molecule has 2 aromatic rings. The zero-order valence-corrected chi connectivity index (χ0v) is 13.3. The van der Waals surface area contributed by atoms with Gasteiger partial charge < -0.3 is 15.4 Å². The van der Waals surface area contributed by atoms with Crippen LogP contribution >= 0.6 is 0 Å². The Morgan fingerprint density at radius 2 is 1.96 bits per heavy atom. The molecule has 0 atom stereocenters. The maximum absolute atomic E-state index is 13.5. The van der Waals surface area contributed by atoms with E-state index in [9.17, 15) is 9.18 Å². The number of benzene rings is 2. The molecule has 2 aromatic carbocycles. The molecule has 4 nitrogen and oxygen atoms in total. The van der Waals surface area contributed by atoms with Crippen LogP contribution < -0.4 is 15.4 Å². The van der Waals surface area contributed by atoms with E-state index in [0.717, 1.165) is 0 Å². The molecule has 0 saturated heterocycles. The zero-order valence-electron chi connectivity index (χ0n) is 13.3. The number of ether oxygens (including phenoxy) is 1. The number of anilines is 2. The molecule has 0 radical (unpaired) electrons. The lowest BCUT2D eigenvalue weighted by atomic mass is 10.2. The molecule has 0 heterocycles. The molecule has 0 unspecified atom stereocenters. The lowest BCUT2D eigenvalue weighted by Crippen LogP contribution is -2.22. The molecular weight excluding hydrogens is 295 g/mol. The highest BCUT2D eigenvalue weighted by Gasteiger charge is 2.06. The standard InChI is InChI=1S/C18H21FN2O2/c1-13(2)12-23-15-7-5-6-14(10-15)21-18(22)11-20-17-9-4-3-8-16(17)19/h3-10,13,20H,11-12H2,1-2H3,(H,21,22). The third-order valence-corrected chi connectivity index (χ3v) is 3.01. The van der Waals surface area contributed by atoms with Gasteiger partial charge in [-0.25, -0.2) is 4.39 Å². The third kappa shape index (κ3) is 5.62. The molecule has 2 N–H and O–H groups in total. The van der Waals surface area contributed by atoms with E-state index in [-0.39, 0.29) is 18.3 Å². The molecule has 0 aliphatic carbocycles. The van der Waals surface area contributed by atoms with Crippen molar-refractivity contribution in [3.05, 3.63) is 54.3 Å². The van der Waals surface area contributed by atoms with E-state index >= 15 is 0 Å². The van der Waals surface area contributed by atoms with Gasteiger partial charge >= 0.3 is 0 Å². The van der Waals surface area contributed by atoms with Gasteiger partial charge in [0, 0.05) is 11.8 Å². The van der Waals surface area contributed by atoms with Crippen molar-refractivity contribution in [2.24, 2.45) is 5.92 Å². The van der Waals surface area contributed by atoms with Crippen LogP contribution in [0.4, 0.5) is 15.8 Å². The first-order chi connectivity index (χ1) is 11.0. The quantitative estimate of drug-likeness (QED) is 0.814. The van der Waals surface area contributed by atoms with Crippen molar-refractivity contribution in [2.45, 2.75) is 13.8 Å². The number of nitrogens with one attached hydrogen (secondary N) is 2. The molecule has 122 valence electrons. The van der Waals surface area contributed by atoms with Crippen molar-refractivity contribution in [1.29, 1.82) is 0 Å². The molecule has 0 saturated carbocycles. The second kappa shape index (κ2) is 8.17. The van der Waals surface area contributed by atoms with Gasteiger partial charge in [0.1, 0.15) is 11.6 Å². The predicted molar refractivity (Wildman–Crippen MR) is 90.3 cm³/mol.